The van der Waals surface area contributed by atoms with Gasteiger partial charge in [0, 0.05) is 5.56 Å². The molecule has 1 rings (SSSR count). The molecule has 1 N–H and O–H groups in total. The minimum atomic E-state index is -2.12. The van der Waals surface area contributed by atoms with E-state index in [0.717, 1.165) is 6.07 Å². The van der Waals surface area contributed by atoms with Crippen LogP contribution >= 0.6 is 0 Å². The third-order valence-corrected chi connectivity index (χ3v) is 2.87. The number of amides is 1. The maximum Gasteiger partial charge on any atom is 0.408 e. The van der Waals surface area contributed by atoms with Crippen molar-refractivity contribution in [3.8, 4) is 0 Å². The zero-order valence-electron chi connectivity index (χ0n) is 12.4. The fourth-order valence-corrected chi connectivity index (χ4v) is 1.82. The predicted octanol–water partition coefficient (Wildman–Crippen LogP) is 3.10. The van der Waals surface area contributed by atoms with Crippen molar-refractivity contribution in [1.29, 1.82) is 0 Å². The van der Waals surface area contributed by atoms with E-state index in [-0.39, 0.29) is 11.8 Å². The van der Waals surface area contributed by atoms with E-state index in [1.165, 1.54) is 25.1 Å². The van der Waals surface area contributed by atoms with E-state index >= 15 is 0 Å². The van der Waals surface area contributed by atoms with E-state index in [2.05, 4.69) is 5.32 Å². The SMILES string of the molecule is CC(C)(C)OC(=O)N[C@](C)(c1ccccc1F)[C@@H](F)C=O. The number of benzene rings is 1. The highest BCUT2D eigenvalue weighted by Crippen LogP contribution is 2.29. The normalized spacial score (nSPS) is 15.7. The molecule has 0 aliphatic heterocycles. The molecule has 116 valence electrons. The third-order valence-electron chi connectivity index (χ3n) is 2.87. The number of carbonyl (C=O) groups is 2. The zero-order chi connectivity index (χ0) is 16.3. The van der Waals surface area contributed by atoms with Crippen LogP contribution in [-0.4, -0.2) is 24.2 Å². The van der Waals surface area contributed by atoms with E-state index in [0.29, 0.717) is 0 Å². The minimum absolute atomic E-state index is 0.0177. The fraction of sp³-hybridized carbons (Fsp3) is 0.467. The molecule has 0 fully saturated rings. The standard InChI is InChI=1S/C15H19F2NO3/c1-14(2,3)21-13(20)18-15(4,12(17)9-19)10-7-5-6-8-11(10)16/h5-9,12H,1-4H3,(H,18,20)/t12-,15+/m0/s1. The van der Waals surface area contributed by atoms with Crippen LogP contribution in [0.3, 0.4) is 0 Å². The van der Waals surface area contributed by atoms with Crippen LogP contribution in [0.5, 0.6) is 0 Å². The summed E-state index contributed by atoms with van der Waals surface area (Å²) in [7, 11) is 0. The topological polar surface area (TPSA) is 55.4 Å². The second-order valence-electron chi connectivity index (χ2n) is 5.85. The Bertz CT molecular complexity index is 528. The highest BCUT2D eigenvalue weighted by Gasteiger charge is 2.41. The Morgan fingerprint density at radius 3 is 2.33 bits per heavy atom. The Morgan fingerprint density at radius 1 is 1.29 bits per heavy atom. The molecule has 0 spiro atoms. The van der Waals surface area contributed by atoms with Crippen molar-refractivity contribution in [1.82, 2.24) is 5.32 Å². The van der Waals surface area contributed by atoms with Crippen LogP contribution in [0.4, 0.5) is 13.6 Å². The summed E-state index contributed by atoms with van der Waals surface area (Å²) in [6, 6.07) is 5.36. The van der Waals surface area contributed by atoms with Gasteiger partial charge < -0.3 is 14.8 Å². The van der Waals surface area contributed by atoms with E-state index in [4.69, 9.17) is 4.74 Å². The molecule has 0 saturated heterocycles. The third kappa shape index (κ3) is 4.24. The number of halogens is 2. The number of hydrogen-bond acceptors (Lipinski definition) is 3. The predicted molar refractivity (Wildman–Crippen MR) is 74.1 cm³/mol. The van der Waals surface area contributed by atoms with Crippen molar-refractivity contribution in [2.45, 2.75) is 45.0 Å². The number of alkyl carbamates (subject to hydrolysis) is 1. The quantitative estimate of drug-likeness (QED) is 0.869. The Morgan fingerprint density at radius 2 is 1.86 bits per heavy atom. The first-order valence-corrected chi connectivity index (χ1v) is 6.45. The molecule has 21 heavy (non-hydrogen) atoms. The molecule has 0 aliphatic carbocycles. The van der Waals surface area contributed by atoms with Gasteiger partial charge in [0.25, 0.3) is 0 Å². The van der Waals surface area contributed by atoms with E-state index < -0.39 is 29.2 Å². The molecule has 0 heterocycles. The lowest BCUT2D eigenvalue weighted by molar-refractivity contribution is -0.114. The van der Waals surface area contributed by atoms with Gasteiger partial charge in [-0.15, -0.1) is 0 Å². The number of alkyl halides is 1. The van der Waals surface area contributed by atoms with Crippen LogP contribution in [0.2, 0.25) is 0 Å². The minimum Gasteiger partial charge on any atom is -0.444 e. The van der Waals surface area contributed by atoms with Crippen molar-refractivity contribution in [2.75, 3.05) is 0 Å². The molecule has 0 aliphatic rings. The summed E-state index contributed by atoms with van der Waals surface area (Å²) < 4.78 is 33.0. The number of nitrogens with one attached hydrogen (secondary N) is 1. The number of ether oxygens (including phenoxy) is 1. The van der Waals surface area contributed by atoms with Gasteiger partial charge in [-0.25, -0.2) is 13.6 Å². The molecule has 4 nitrogen and oxygen atoms in total. The Kier molecular flexibility index (Phi) is 5.04. The first kappa shape index (κ1) is 17.1. The number of hydrogen-bond donors (Lipinski definition) is 1. The van der Waals surface area contributed by atoms with Crippen LogP contribution in [0, 0.1) is 5.82 Å². The highest BCUT2D eigenvalue weighted by molar-refractivity contribution is 5.71. The van der Waals surface area contributed by atoms with Crippen molar-refractivity contribution >= 4 is 12.4 Å². The molecule has 1 aromatic carbocycles. The highest BCUT2D eigenvalue weighted by atomic mass is 19.1. The molecule has 1 amide bonds. The molecule has 0 radical (unpaired) electrons. The molecule has 2 atom stereocenters. The van der Waals surface area contributed by atoms with Gasteiger partial charge in [0.15, 0.2) is 12.5 Å². The van der Waals surface area contributed by atoms with Crippen LogP contribution in [-0.2, 0) is 15.1 Å². The molecule has 0 aromatic heterocycles. The molecular formula is C15H19F2NO3. The lowest BCUT2D eigenvalue weighted by Crippen LogP contribution is -2.52. The Balaban J connectivity index is 3.14. The zero-order valence-corrected chi connectivity index (χ0v) is 12.4. The molecule has 0 bridgehead atoms. The Labute approximate surface area is 122 Å². The van der Waals surface area contributed by atoms with Crippen LogP contribution in [0.1, 0.15) is 33.3 Å². The summed E-state index contributed by atoms with van der Waals surface area (Å²) in [5, 5.41) is 2.25. The molecule has 0 unspecified atom stereocenters. The van der Waals surface area contributed by atoms with Gasteiger partial charge in [0.05, 0.1) is 0 Å². The van der Waals surface area contributed by atoms with Crippen LogP contribution in [0.15, 0.2) is 24.3 Å². The first-order chi connectivity index (χ1) is 9.60. The summed E-state index contributed by atoms with van der Waals surface area (Å²) in [6.45, 7) is 6.15. The van der Waals surface area contributed by atoms with Gasteiger partial charge in [0.1, 0.15) is 17.0 Å². The summed E-state index contributed by atoms with van der Waals surface area (Å²) in [5.74, 6) is -0.722. The average Bonchev–Trinajstić information content (AvgIpc) is 2.35. The number of aldehydes is 1. The maximum absolute atomic E-state index is 14.0. The van der Waals surface area contributed by atoms with Gasteiger partial charge in [-0.2, -0.15) is 0 Å². The average molecular weight is 299 g/mol. The fourth-order valence-electron chi connectivity index (χ4n) is 1.82. The van der Waals surface area contributed by atoms with Gasteiger partial charge in [-0.1, -0.05) is 18.2 Å². The van der Waals surface area contributed by atoms with Crippen LogP contribution in [0.25, 0.3) is 0 Å². The van der Waals surface area contributed by atoms with Crippen molar-refractivity contribution in [2.24, 2.45) is 0 Å². The van der Waals surface area contributed by atoms with Gasteiger partial charge in [-0.05, 0) is 33.8 Å². The second kappa shape index (κ2) is 6.20. The van der Waals surface area contributed by atoms with Gasteiger partial charge in [-0.3, -0.25) is 0 Å². The van der Waals surface area contributed by atoms with Gasteiger partial charge in [0.2, 0.25) is 0 Å². The van der Waals surface area contributed by atoms with Crippen molar-refractivity contribution in [3.63, 3.8) is 0 Å². The second-order valence-corrected chi connectivity index (χ2v) is 5.85. The van der Waals surface area contributed by atoms with Crippen LogP contribution < -0.4 is 5.32 Å². The lowest BCUT2D eigenvalue weighted by atomic mass is 9.87. The molecule has 0 saturated carbocycles. The summed E-state index contributed by atoms with van der Waals surface area (Å²) in [6.07, 6.45) is -3.04. The molecule has 1 aromatic rings. The monoisotopic (exact) mass is 299 g/mol. The van der Waals surface area contributed by atoms with E-state index in [1.807, 2.05) is 0 Å². The summed E-state index contributed by atoms with van der Waals surface area (Å²) in [4.78, 5) is 22.7. The summed E-state index contributed by atoms with van der Waals surface area (Å²) in [5.41, 5.74) is -2.78. The summed E-state index contributed by atoms with van der Waals surface area (Å²) >= 11 is 0. The molecular weight excluding hydrogens is 280 g/mol. The largest absolute Gasteiger partial charge is 0.444 e. The Hall–Kier alpha value is -1.98. The van der Waals surface area contributed by atoms with Crippen molar-refractivity contribution in [3.05, 3.63) is 35.6 Å². The lowest BCUT2D eigenvalue weighted by Gasteiger charge is -2.33. The maximum atomic E-state index is 14.0. The molecule has 6 heteroatoms. The number of carbonyl (C=O) groups excluding carboxylic acids is 2. The van der Waals surface area contributed by atoms with E-state index in [1.54, 1.807) is 20.8 Å². The first-order valence-electron chi connectivity index (χ1n) is 6.45. The van der Waals surface area contributed by atoms with Gasteiger partial charge >= 0.3 is 6.09 Å². The smallest absolute Gasteiger partial charge is 0.408 e. The van der Waals surface area contributed by atoms with E-state index in [9.17, 15) is 18.4 Å². The van der Waals surface area contributed by atoms with Crippen molar-refractivity contribution < 1.29 is 23.1 Å². The number of rotatable bonds is 4.